The Kier molecular flexibility index (Phi) is 8.30. The molecule has 26 heavy (non-hydrogen) atoms. The molecule has 1 aliphatic heterocycles. The molecule has 0 aromatic rings. The van der Waals surface area contributed by atoms with Gasteiger partial charge >= 0.3 is 23.9 Å². The Morgan fingerprint density at radius 3 is 1.77 bits per heavy atom. The normalized spacial score (nSPS) is 27.5. The molecule has 0 radical (unpaired) electrons. The highest BCUT2D eigenvalue weighted by atomic mass is 32.1. The van der Waals surface area contributed by atoms with Gasteiger partial charge in [0.05, 0.1) is 11.7 Å². The van der Waals surface area contributed by atoms with E-state index >= 15 is 0 Å². The van der Waals surface area contributed by atoms with Gasteiger partial charge in [0.25, 0.3) is 0 Å². The summed E-state index contributed by atoms with van der Waals surface area (Å²) in [4.78, 5) is 49.5. The topological polar surface area (TPSA) is 127 Å². The summed E-state index contributed by atoms with van der Waals surface area (Å²) in [5.41, 5.74) is 0. The minimum Gasteiger partial charge on any atom is -0.456 e. The van der Waals surface area contributed by atoms with E-state index in [2.05, 4.69) is 22.4 Å². The molecule has 5 atom stereocenters. The van der Waals surface area contributed by atoms with E-state index in [-0.39, 0.29) is 6.54 Å². The van der Waals surface area contributed by atoms with Crippen molar-refractivity contribution in [1.82, 2.24) is 0 Å². The van der Waals surface area contributed by atoms with Gasteiger partial charge in [-0.05, 0) is 12.2 Å². The molecule has 1 unspecified atom stereocenters. The lowest BCUT2D eigenvalue weighted by Crippen LogP contribution is -2.62. The van der Waals surface area contributed by atoms with Crippen molar-refractivity contribution in [2.45, 2.75) is 58.4 Å². The van der Waals surface area contributed by atoms with E-state index in [4.69, 9.17) is 23.7 Å². The molecule has 11 heteroatoms. The first-order chi connectivity index (χ1) is 12.1. The second kappa shape index (κ2) is 9.95. The highest BCUT2D eigenvalue weighted by Crippen LogP contribution is 2.29. The van der Waals surface area contributed by atoms with Crippen LogP contribution in [-0.2, 0) is 42.9 Å². The maximum absolute atomic E-state index is 11.5. The van der Waals surface area contributed by atoms with Gasteiger partial charge in [-0.25, -0.2) is 4.99 Å². The fourth-order valence-electron chi connectivity index (χ4n) is 2.39. The van der Waals surface area contributed by atoms with Crippen molar-refractivity contribution in [3.63, 3.8) is 0 Å². The zero-order valence-electron chi connectivity index (χ0n) is 14.6. The molecule has 0 aromatic heterocycles. The van der Waals surface area contributed by atoms with Gasteiger partial charge in [-0.15, -0.1) is 0 Å². The molecule has 0 aliphatic carbocycles. The van der Waals surface area contributed by atoms with E-state index in [1.165, 1.54) is 0 Å². The van der Waals surface area contributed by atoms with E-state index in [1.807, 2.05) is 0 Å². The molecule has 0 spiro atoms. The van der Waals surface area contributed by atoms with Crippen molar-refractivity contribution in [3.8, 4) is 0 Å². The maximum Gasteiger partial charge on any atom is 0.305 e. The zero-order chi connectivity index (χ0) is 19.9. The number of hydrogen-bond donors (Lipinski definition) is 0. The summed E-state index contributed by atoms with van der Waals surface area (Å²) in [5, 5.41) is 2.13. The average Bonchev–Trinajstić information content (AvgIpc) is 2.49. The smallest absolute Gasteiger partial charge is 0.305 e. The number of aliphatic imine (C=N–C) groups is 1. The Bertz CT molecular complexity index is 586. The molecule has 0 bridgehead atoms. The number of isothiocyanates is 1. The van der Waals surface area contributed by atoms with Crippen LogP contribution in [0.25, 0.3) is 0 Å². The van der Waals surface area contributed by atoms with Crippen LogP contribution >= 0.6 is 12.2 Å². The summed E-state index contributed by atoms with van der Waals surface area (Å²) in [5.74, 6) is -2.90. The minimum atomic E-state index is -1.40. The molecule has 0 saturated carbocycles. The Morgan fingerprint density at radius 1 is 0.846 bits per heavy atom. The third kappa shape index (κ3) is 6.51. The molecule has 1 saturated heterocycles. The van der Waals surface area contributed by atoms with Crippen LogP contribution in [0, 0.1) is 0 Å². The summed E-state index contributed by atoms with van der Waals surface area (Å²) in [6, 6.07) is 0. The molecule has 0 N–H and O–H groups in total. The lowest BCUT2D eigenvalue weighted by Gasteiger charge is -2.43. The number of carbonyl (C=O) groups excluding carboxylic acids is 4. The van der Waals surface area contributed by atoms with Crippen LogP contribution in [0.4, 0.5) is 0 Å². The van der Waals surface area contributed by atoms with Crippen molar-refractivity contribution in [2.24, 2.45) is 4.99 Å². The number of rotatable bonds is 6. The zero-order valence-corrected chi connectivity index (χ0v) is 15.4. The second-order valence-electron chi connectivity index (χ2n) is 5.31. The van der Waals surface area contributed by atoms with Crippen LogP contribution in [-0.4, -0.2) is 66.3 Å². The fourth-order valence-corrected chi connectivity index (χ4v) is 2.46. The first kappa shape index (κ1) is 21.7. The van der Waals surface area contributed by atoms with Gasteiger partial charge in [0.2, 0.25) is 12.4 Å². The SMILES string of the molecule is CC(=O)OC1O[C@H](CN=C=S)[C@@H](OC(C)=O)[C@H](OC(C)=O)[C@@H]1OC(C)=O. The monoisotopic (exact) mass is 389 g/mol. The van der Waals surface area contributed by atoms with Gasteiger partial charge in [-0.3, -0.25) is 19.2 Å². The summed E-state index contributed by atoms with van der Waals surface area (Å²) < 4.78 is 26.1. The highest BCUT2D eigenvalue weighted by Gasteiger charge is 2.53. The summed E-state index contributed by atoms with van der Waals surface area (Å²) >= 11 is 4.51. The van der Waals surface area contributed by atoms with E-state index < -0.39 is 54.6 Å². The highest BCUT2D eigenvalue weighted by molar-refractivity contribution is 7.78. The van der Waals surface area contributed by atoms with Crippen LogP contribution in [0.1, 0.15) is 27.7 Å². The predicted octanol–water partition coefficient (Wildman–Crippen LogP) is 0.172. The van der Waals surface area contributed by atoms with Gasteiger partial charge in [0, 0.05) is 27.7 Å². The fraction of sp³-hybridized carbons (Fsp3) is 0.667. The minimum absolute atomic E-state index is 0.121. The van der Waals surface area contributed by atoms with Crippen molar-refractivity contribution in [3.05, 3.63) is 0 Å². The maximum atomic E-state index is 11.5. The van der Waals surface area contributed by atoms with Crippen LogP contribution in [0.15, 0.2) is 4.99 Å². The number of esters is 4. The number of carbonyl (C=O) groups is 4. The third-order valence-corrected chi connectivity index (χ3v) is 3.24. The molecule has 1 aliphatic rings. The first-order valence-electron chi connectivity index (χ1n) is 7.53. The van der Waals surface area contributed by atoms with Crippen LogP contribution in [0.3, 0.4) is 0 Å². The van der Waals surface area contributed by atoms with Crippen molar-refractivity contribution < 1.29 is 42.9 Å². The molecular weight excluding hydrogens is 370 g/mol. The third-order valence-electron chi connectivity index (χ3n) is 3.12. The van der Waals surface area contributed by atoms with Gasteiger partial charge in [-0.2, -0.15) is 0 Å². The van der Waals surface area contributed by atoms with Gasteiger partial charge < -0.3 is 23.7 Å². The summed E-state index contributed by atoms with van der Waals surface area (Å²) in [7, 11) is 0. The Morgan fingerprint density at radius 2 is 1.31 bits per heavy atom. The molecule has 1 heterocycles. The van der Waals surface area contributed by atoms with E-state index in [1.54, 1.807) is 0 Å². The largest absolute Gasteiger partial charge is 0.456 e. The van der Waals surface area contributed by atoms with Crippen LogP contribution in [0.2, 0.25) is 0 Å². The Hall–Kier alpha value is -2.36. The lowest BCUT2D eigenvalue weighted by atomic mass is 9.97. The summed E-state index contributed by atoms with van der Waals surface area (Å²) in [6.45, 7) is 4.37. The van der Waals surface area contributed by atoms with E-state index in [0.717, 1.165) is 27.7 Å². The van der Waals surface area contributed by atoms with Gasteiger partial charge in [-0.1, -0.05) is 0 Å². The Balaban J connectivity index is 3.32. The molecular formula is C15H19NO9S. The number of hydrogen-bond acceptors (Lipinski definition) is 11. The number of nitrogens with zero attached hydrogens (tertiary/aromatic N) is 1. The second-order valence-corrected chi connectivity index (χ2v) is 5.49. The van der Waals surface area contributed by atoms with Crippen molar-refractivity contribution in [2.75, 3.05) is 6.54 Å². The quantitative estimate of drug-likeness (QED) is 0.268. The van der Waals surface area contributed by atoms with E-state index in [0.29, 0.717) is 0 Å². The molecule has 0 amide bonds. The number of thiocarbonyl (C=S) groups is 1. The summed E-state index contributed by atoms with van der Waals surface area (Å²) in [6.07, 6.45) is -6.21. The average molecular weight is 389 g/mol. The van der Waals surface area contributed by atoms with Crippen molar-refractivity contribution >= 4 is 41.3 Å². The molecule has 0 aromatic carbocycles. The van der Waals surface area contributed by atoms with Crippen molar-refractivity contribution in [1.29, 1.82) is 0 Å². The van der Waals surface area contributed by atoms with Gasteiger partial charge in [0.1, 0.15) is 6.10 Å². The standard InChI is InChI=1S/C15H19NO9S/c1-7(17)21-12-11(5-16-6-26)25-15(24-10(4)20)14(23-9(3)19)13(12)22-8(2)18/h11-15H,5H2,1-4H3/t11-,12-,13+,14+,15?/m1/s1. The molecule has 10 nitrogen and oxygen atoms in total. The van der Waals surface area contributed by atoms with Crippen LogP contribution < -0.4 is 0 Å². The lowest BCUT2D eigenvalue weighted by molar-refractivity contribution is -0.293. The van der Waals surface area contributed by atoms with Gasteiger partial charge in [0.15, 0.2) is 12.2 Å². The molecule has 1 fully saturated rings. The Labute approximate surface area is 154 Å². The molecule has 1 rings (SSSR count). The predicted molar refractivity (Wildman–Crippen MR) is 87.0 cm³/mol. The van der Waals surface area contributed by atoms with E-state index in [9.17, 15) is 19.2 Å². The number of ether oxygens (including phenoxy) is 5. The van der Waals surface area contributed by atoms with Crippen LogP contribution in [0.5, 0.6) is 0 Å². The first-order valence-corrected chi connectivity index (χ1v) is 7.94. The molecule has 144 valence electrons.